The number of amides is 2. The van der Waals surface area contributed by atoms with Gasteiger partial charge in [0.05, 0.1) is 16.8 Å². The maximum Gasteiger partial charge on any atom is 0.317 e. The number of carbonyl (C=O) groups is 4. The molecule has 0 bridgehead atoms. The summed E-state index contributed by atoms with van der Waals surface area (Å²) in [5, 5.41) is 23.9. The molecule has 248 valence electrons. The molecule has 3 unspecified atom stereocenters. The van der Waals surface area contributed by atoms with E-state index in [0.29, 0.717) is 19.3 Å². The highest BCUT2D eigenvalue weighted by Crippen LogP contribution is 2.59. The van der Waals surface area contributed by atoms with Crippen molar-refractivity contribution in [1.29, 1.82) is 5.41 Å². The first-order chi connectivity index (χ1) is 22.5. The summed E-state index contributed by atoms with van der Waals surface area (Å²) in [6.45, 7) is 1.84. The van der Waals surface area contributed by atoms with Gasteiger partial charge in [-0.2, -0.15) is 0 Å². The van der Waals surface area contributed by atoms with Crippen molar-refractivity contribution in [1.82, 2.24) is 15.5 Å². The number of benzene rings is 2. The predicted molar refractivity (Wildman–Crippen MR) is 172 cm³/mol. The number of hydrogen-bond acceptors (Lipinski definition) is 6. The van der Waals surface area contributed by atoms with Crippen LogP contribution >= 0.6 is 0 Å². The summed E-state index contributed by atoms with van der Waals surface area (Å²) in [4.78, 5) is 53.9. The summed E-state index contributed by atoms with van der Waals surface area (Å²) in [7, 11) is 0. The lowest BCUT2D eigenvalue weighted by molar-refractivity contribution is -0.139. The lowest BCUT2D eigenvalue weighted by atomic mass is 9.74. The third-order valence-electron chi connectivity index (χ3n) is 9.90. The highest BCUT2D eigenvalue weighted by molar-refractivity contribution is 6.48. The Balaban J connectivity index is 1.26. The molecule has 0 radical (unpaired) electrons. The highest BCUT2D eigenvalue weighted by Gasteiger charge is 2.63. The number of likely N-dealkylation sites (tertiary alicyclic amines) is 1. The van der Waals surface area contributed by atoms with Gasteiger partial charge in [0.15, 0.2) is 5.78 Å². The monoisotopic (exact) mass is 646 g/mol. The summed E-state index contributed by atoms with van der Waals surface area (Å²) in [6, 6.07) is 12.2. The van der Waals surface area contributed by atoms with E-state index in [4.69, 9.17) is 5.41 Å². The number of ketones is 2. The molecule has 1 saturated carbocycles. The Morgan fingerprint density at radius 3 is 2.30 bits per heavy atom. The molecular formula is C36H40F2N4O5. The predicted octanol–water partition coefficient (Wildman–Crippen LogP) is 5.46. The average Bonchev–Trinajstić information content (AvgIpc) is 3.78. The van der Waals surface area contributed by atoms with Crippen LogP contribution in [-0.4, -0.2) is 64.5 Å². The van der Waals surface area contributed by atoms with E-state index in [0.717, 1.165) is 49.6 Å². The van der Waals surface area contributed by atoms with Crippen LogP contribution < -0.4 is 10.6 Å². The Labute approximate surface area is 272 Å². The number of halogens is 2. The van der Waals surface area contributed by atoms with Gasteiger partial charge in [-0.05, 0) is 74.6 Å². The first-order valence-corrected chi connectivity index (χ1v) is 16.1. The van der Waals surface area contributed by atoms with Crippen LogP contribution in [0.25, 0.3) is 0 Å². The quantitative estimate of drug-likeness (QED) is 0.168. The molecule has 2 amide bonds. The normalized spacial score (nSPS) is 22.1. The second-order valence-corrected chi connectivity index (χ2v) is 12.7. The third kappa shape index (κ3) is 7.03. The molecule has 1 saturated heterocycles. The molecule has 4 N–H and O–H groups in total. The summed E-state index contributed by atoms with van der Waals surface area (Å²) in [6.07, 6.45) is 10.9. The number of nitrogens with one attached hydrogen (secondary N) is 3. The Bertz CT molecular complexity index is 1600. The second kappa shape index (κ2) is 14.0. The summed E-state index contributed by atoms with van der Waals surface area (Å²) < 4.78 is 28.3. The minimum Gasteiger partial charge on any atom is -0.481 e. The van der Waals surface area contributed by atoms with Crippen molar-refractivity contribution in [3.05, 3.63) is 95.2 Å². The number of aliphatic carboxylic acids is 1. The SMILES string of the molecule is CCC1(C(=O)C2(NC3=CCCC=C3)CCN(C(=O)NCC(C(=N)C(=O)c3c(F)cccc3F)C(=O)O)CC2)CC1Cc1ccccc1. The van der Waals surface area contributed by atoms with Crippen LogP contribution in [0.5, 0.6) is 0 Å². The Morgan fingerprint density at radius 1 is 1.02 bits per heavy atom. The number of nitrogens with zero attached hydrogens (tertiary/aromatic N) is 1. The second-order valence-electron chi connectivity index (χ2n) is 12.7. The van der Waals surface area contributed by atoms with Crippen LogP contribution in [0.1, 0.15) is 61.4 Å². The molecule has 2 aromatic carbocycles. The van der Waals surface area contributed by atoms with E-state index in [2.05, 4.69) is 41.8 Å². The number of piperidine rings is 1. The standard InChI is InChI=1S/C36H40F2N4O5/c1-2-35(21-24(35)20-23-10-5-3-6-11-23)33(46)36(41-25-12-7-4-8-13-25)16-18-42(19-17-36)34(47)40-22-26(32(44)45)30(39)31(43)29-27(37)14-9-15-28(29)38/h3,5-7,9-15,24,26,39,41H,2,4,8,16-22H2,1H3,(H,40,47)(H,44,45). The van der Waals surface area contributed by atoms with E-state index in [-0.39, 0.29) is 24.8 Å². The summed E-state index contributed by atoms with van der Waals surface area (Å²) in [5.74, 6) is -6.88. The zero-order valence-corrected chi connectivity index (χ0v) is 26.4. The van der Waals surface area contributed by atoms with Crippen molar-refractivity contribution >= 4 is 29.3 Å². The molecule has 3 atom stereocenters. The van der Waals surface area contributed by atoms with Crippen molar-refractivity contribution in [2.75, 3.05) is 19.6 Å². The van der Waals surface area contributed by atoms with E-state index in [9.17, 15) is 33.1 Å². The number of urea groups is 1. The van der Waals surface area contributed by atoms with E-state index in [1.165, 1.54) is 10.5 Å². The van der Waals surface area contributed by atoms with Gasteiger partial charge >= 0.3 is 12.0 Å². The number of carboxylic acids is 1. The van der Waals surface area contributed by atoms with Crippen LogP contribution in [0.2, 0.25) is 0 Å². The zero-order chi connectivity index (χ0) is 33.8. The molecule has 2 fully saturated rings. The Morgan fingerprint density at radius 2 is 1.70 bits per heavy atom. The number of rotatable bonds is 13. The molecule has 5 rings (SSSR count). The van der Waals surface area contributed by atoms with Crippen LogP contribution in [0.4, 0.5) is 13.6 Å². The molecule has 1 aliphatic heterocycles. The van der Waals surface area contributed by atoms with E-state index >= 15 is 0 Å². The number of allylic oxidation sites excluding steroid dienone is 3. The minimum absolute atomic E-state index is 0.159. The molecule has 0 aromatic heterocycles. The fourth-order valence-electron chi connectivity index (χ4n) is 7.00. The van der Waals surface area contributed by atoms with Crippen molar-refractivity contribution in [3.63, 3.8) is 0 Å². The number of carboxylic acid groups (broad SMARTS) is 1. The summed E-state index contributed by atoms with van der Waals surface area (Å²) >= 11 is 0. The minimum atomic E-state index is -1.83. The fraction of sp³-hybridized carbons (Fsp3) is 0.417. The molecule has 3 aliphatic rings. The number of hydrogen-bond donors (Lipinski definition) is 4. The van der Waals surface area contributed by atoms with Gasteiger partial charge in [0, 0.05) is 30.7 Å². The lowest BCUT2D eigenvalue weighted by Crippen LogP contribution is -2.61. The van der Waals surface area contributed by atoms with Crippen LogP contribution in [0.15, 0.2) is 72.5 Å². The smallest absolute Gasteiger partial charge is 0.317 e. The zero-order valence-electron chi connectivity index (χ0n) is 26.4. The molecule has 1 heterocycles. The first kappa shape index (κ1) is 33.7. The van der Waals surface area contributed by atoms with Gasteiger partial charge in [-0.15, -0.1) is 0 Å². The maximum atomic E-state index is 14.6. The Hall–Kier alpha value is -4.67. The first-order valence-electron chi connectivity index (χ1n) is 16.1. The largest absolute Gasteiger partial charge is 0.481 e. The number of Topliss-reactive ketones (excluding diaryl/α,β-unsaturated/α-hetero) is 2. The highest BCUT2D eigenvalue weighted by atomic mass is 19.1. The molecule has 11 heteroatoms. The van der Waals surface area contributed by atoms with Crippen molar-refractivity contribution in [2.45, 2.75) is 57.4 Å². The van der Waals surface area contributed by atoms with Gasteiger partial charge in [0.25, 0.3) is 0 Å². The van der Waals surface area contributed by atoms with E-state index in [1.807, 2.05) is 24.3 Å². The van der Waals surface area contributed by atoms with E-state index in [1.54, 1.807) is 0 Å². The molecule has 2 aromatic rings. The summed E-state index contributed by atoms with van der Waals surface area (Å²) in [5.41, 5.74) is -1.36. The van der Waals surface area contributed by atoms with E-state index < -0.39 is 64.1 Å². The van der Waals surface area contributed by atoms with Crippen LogP contribution in [0.3, 0.4) is 0 Å². The van der Waals surface area contributed by atoms with Crippen molar-refractivity contribution in [3.8, 4) is 0 Å². The Kier molecular flexibility index (Phi) is 10.0. The molecular weight excluding hydrogens is 606 g/mol. The van der Waals surface area contributed by atoms with Gasteiger partial charge in [0.1, 0.15) is 17.6 Å². The van der Waals surface area contributed by atoms with Crippen LogP contribution in [0, 0.1) is 34.3 Å². The van der Waals surface area contributed by atoms with Gasteiger partial charge in [-0.1, -0.05) is 55.5 Å². The lowest BCUT2D eigenvalue weighted by Gasteiger charge is -2.44. The molecule has 2 aliphatic carbocycles. The maximum absolute atomic E-state index is 14.6. The van der Waals surface area contributed by atoms with Gasteiger partial charge in [0.2, 0.25) is 5.78 Å². The van der Waals surface area contributed by atoms with Crippen molar-refractivity contribution in [2.24, 2.45) is 17.3 Å². The molecule has 47 heavy (non-hydrogen) atoms. The average molecular weight is 647 g/mol. The van der Waals surface area contributed by atoms with Crippen LogP contribution in [-0.2, 0) is 16.0 Å². The van der Waals surface area contributed by atoms with Gasteiger partial charge in [-0.25, -0.2) is 13.6 Å². The fourth-order valence-corrected chi connectivity index (χ4v) is 7.00. The molecule has 9 nitrogen and oxygen atoms in total. The number of carbonyl (C=O) groups excluding carboxylic acids is 3. The third-order valence-corrected chi connectivity index (χ3v) is 9.90. The topological polar surface area (TPSA) is 140 Å². The van der Waals surface area contributed by atoms with Crippen molar-refractivity contribution < 1.29 is 33.1 Å². The van der Waals surface area contributed by atoms with Gasteiger partial charge in [-0.3, -0.25) is 14.4 Å². The molecule has 0 spiro atoms. The van der Waals surface area contributed by atoms with Gasteiger partial charge < -0.3 is 26.0 Å².